The lowest BCUT2D eigenvalue weighted by atomic mass is 9.96. The molecule has 0 aromatic heterocycles. The van der Waals surface area contributed by atoms with Crippen LogP contribution in [0.5, 0.6) is 0 Å². The average Bonchev–Trinajstić information content (AvgIpc) is 2.64. The molecule has 4 heteroatoms. The van der Waals surface area contributed by atoms with Crippen molar-refractivity contribution in [2.24, 2.45) is 5.92 Å². The molecule has 0 atom stereocenters. The van der Waals surface area contributed by atoms with Gasteiger partial charge in [0.25, 0.3) is 0 Å². The van der Waals surface area contributed by atoms with Crippen LogP contribution in [-0.2, 0) is 6.54 Å². The monoisotopic (exact) mass is 365 g/mol. The molecule has 0 bridgehead atoms. The minimum absolute atomic E-state index is 0.107. The quantitative estimate of drug-likeness (QED) is 0.810. The number of aryl methyl sites for hydroxylation is 3. The standard InChI is InChI=1S/C23H31N3O/c1-17-5-4-6-21(14-17)16-26-11-9-20(10-12-26)15-24-23(27)25-22-8-7-18(2)13-19(22)3/h4-8,13-14,20H,9-12,15-16H2,1-3H3,(H2,24,25,27). The lowest BCUT2D eigenvalue weighted by Gasteiger charge is -2.32. The maximum atomic E-state index is 12.2. The highest BCUT2D eigenvalue weighted by molar-refractivity contribution is 5.90. The zero-order valence-electron chi connectivity index (χ0n) is 16.7. The Balaban J connectivity index is 1.39. The van der Waals surface area contributed by atoms with Crippen LogP contribution in [0.15, 0.2) is 42.5 Å². The number of amides is 2. The van der Waals surface area contributed by atoms with Crippen molar-refractivity contribution >= 4 is 11.7 Å². The molecule has 1 heterocycles. The van der Waals surface area contributed by atoms with Gasteiger partial charge in [0.05, 0.1) is 0 Å². The Kier molecular flexibility index (Phi) is 6.51. The van der Waals surface area contributed by atoms with Crippen molar-refractivity contribution in [3.8, 4) is 0 Å². The van der Waals surface area contributed by atoms with Gasteiger partial charge in [-0.15, -0.1) is 0 Å². The Morgan fingerprint density at radius 2 is 1.78 bits per heavy atom. The summed E-state index contributed by atoms with van der Waals surface area (Å²) in [5.41, 5.74) is 5.89. The number of likely N-dealkylation sites (tertiary alicyclic amines) is 1. The first-order valence-electron chi connectivity index (χ1n) is 9.89. The topological polar surface area (TPSA) is 44.4 Å². The molecule has 1 saturated heterocycles. The smallest absolute Gasteiger partial charge is 0.319 e. The number of urea groups is 1. The van der Waals surface area contributed by atoms with Crippen LogP contribution in [0.2, 0.25) is 0 Å². The number of piperidine rings is 1. The molecule has 2 aromatic carbocycles. The lowest BCUT2D eigenvalue weighted by molar-refractivity contribution is 0.175. The van der Waals surface area contributed by atoms with E-state index in [-0.39, 0.29) is 6.03 Å². The predicted molar refractivity (Wildman–Crippen MR) is 112 cm³/mol. The highest BCUT2D eigenvalue weighted by Crippen LogP contribution is 2.19. The Morgan fingerprint density at radius 3 is 2.48 bits per heavy atom. The molecule has 3 rings (SSSR count). The first-order chi connectivity index (χ1) is 13.0. The summed E-state index contributed by atoms with van der Waals surface area (Å²) in [6.45, 7) is 10.2. The number of rotatable bonds is 5. The molecule has 0 saturated carbocycles. The van der Waals surface area contributed by atoms with E-state index >= 15 is 0 Å². The van der Waals surface area contributed by atoms with Gasteiger partial charge < -0.3 is 10.6 Å². The lowest BCUT2D eigenvalue weighted by Crippen LogP contribution is -2.39. The number of nitrogens with one attached hydrogen (secondary N) is 2. The largest absolute Gasteiger partial charge is 0.338 e. The van der Waals surface area contributed by atoms with Crippen LogP contribution in [0, 0.1) is 26.7 Å². The molecular weight excluding hydrogens is 334 g/mol. The van der Waals surface area contributed by atoms with Gasteiger partial charge in [0.1, 0.15) is 0 Å². The Bertz CT molecular complexity index is 779. The summed E-state index contributed by atoms with van der Waals surface area (Å²) in [5, 5.41) is 6.01. The molecular formula is C23H31N3O. The fourth-order valence-electron chi connectivity index (χ4n) is 3.77. The fourth-order valence-corrected chi connectivity index (χ4v) is 3.77. The van der Waals surface area contributed by atoms with Crippen LogP contribution in [0.3, 0.4) is 0 Å². The fraction of sp³-hybridized carbons (Fsp3) is 0.435. The Labute approximate surface area is 163 Å². The van der Waals surface area contributed by atoms with Crippen LogP contribution in [-0.4, -0.2) is 30.6 Å². The van der Waals surface area contributed by atoms with Crippen LogP contribution < -0.4 is 10.6 Å². The van der Waals surface area contributed by atoms with E-state index in [1.54, 1.807) is 0 Å². The first kappa shape index (κ1) is 19.4. The van der Waals surface area contributed by atoms with Gasteiger partial charge in [-0.25, -0.2) is 4.79 Å². The highest BCUT2D eigenvalue weighted by atomic mass is 16.2. The van der Waals surface area contributed by atoms with E-state index in [9.17, 15) is 4.79 Å². The van der Waals surface area contributed by atoms with Crippen LogP contribution in [0.1, 0.15) is 35.1 Å². The SMILES string of the molecule is Cc1cccc(CN2CCC(CNC(=O)Nc3ccc(C)cc3C)CC2)c1. The molecule has 2 N–H and O–H groups in total. The molecule has 0 unspecified atom stereocenters. The maximum Gasteiger partial charge on any atom is 0.319 e. The molecule has 27 heavy (non-hydrogen) atoms. The van der Waals surface area contributed by atoms with Gasteiger partial charge in [0.2, 0.25) is 0 Å². The minimum Gasteiger partial charge on any atom is -0.338 e. The summed E-state index contributed by atoms with van der Waals surface area (Å²) in [6, 6.07) is 14.7. The Hall–Kier alpha value is -2.33. The van der Waals surface area contributed by atoms with E-state index < -0.39 is 0 Å². The maximum absolute atomic E-state index is 12.2. The van der Waals surface area contributed by atoms with E-state index in [1.807, 2.05) is 19.1 Å². The van der Waals surface area contributed by atoms with Crippen LogP contribution in [0.4, 0.5) is 10.5 Å². The van der Waals surface area contributed by atoms with Crippen molar-refractivity contribution in [3.05, 3.63) is 64.7 Å². The van der Waals surface area contributed by atoms with Crippen molar-refractivity contribution in [1.29, 1.82) is 0 Å². The number of anilines is 1. The minimum atomic E-state index is -0.107. The van der Waals surface area contributed by atoms with Crippen molar-refractivity contribution < 1.29 is 4.79 Å². The molecule has 1 fully saturated rings. The van der Waals surface area contributed by atoms with Gasteiger partial charge in [0.15, 0.2) is 0 Å². The normalized spacial score (nSPS) is 15.5. The van der Waals surface area contributed by atoms with Crippen LogP contribution >= 0.6 is 0 Å². The third-order valence-corrected chi connectivity index (χ3v) is 5.38. The number of hydrogen-bond acceptors (Lipinski definition) is 2. The van der Waals surface area contributed by atoms with E-state index in [1.165, 1.54) is 16.7 Å². The first-order valence-corrected chi connectivity index (χ1v) is 9.89. The molecule has 1 aliphatic heterocycles. The summed E-state index contributed by atoms with van der Waals surface area (Å²) in [5.74, 6) is 0.559. The zero-order chi connectivity index (χ0) is 19.2. The Morgan fingerprint density at radius 1 is 1.04 bits per heavy atom. The molecule has 144 valence electrons. The van der Waals surface area contributed by atoms with Crippen molar-refractivity contribution in [1.82, 2.24) is 10.2 Å². The van der Waals surface area contributed by atoms with E-state index in [0.717, 1.165) is 50.3 Å². The summed E-state index contributed by atoms with van der Waals surface area (Å²) in [6.07, 6.45) is 2.27. The molecule has 4 nitrogen and oxygen atoms in total. The number of carbonyl (C=O) groups excluding carboxylic acids is 1. The summed E-state index contributed by atoms with van der Waals surface area (Å²) in [7, 11) is 0. The number of nitrogens with zero attached hydrogens (tertiary/aromatic N) is 1. The number of hydrogen-bond donors (Lipinski definition) is 2. The molecule has 0 radical (unpaired) electrons. The van der Waals surface area contributed by atoms with E-state index in [4.69, 9.17) is 0 Å². The van der Waals surface area contributed by atoms with Crippen LogP contribution in [0.25, 0.3) is 0 Å². The van der Waals surface area contributed by atoms with Gasteiger partial charge in [0, 0.05) is 18.8 Å². The van der Waals surface area contributed by atoms with Gasteiger partial charge in [-0.05, 0) is 69.8 Å². The number of benzene rings is 2. The number of carbonyl (C=O) groups is 1. The predicted octanol–water partition coefficient (Wildman–Crippen LogP) is 4.65. The second-order valence-electron chi connectivity index (χ2n) is 7.86. The van der Waals surface area contributed by atoms with E-state index in [0.29, 0.717) is 5.92 Å². The second kappa shape index (κ2) is 9.05. The van der Waals surface area contributed by atoms with Crippen molar-refractivity contribution in [2.45, 2.75) is 40.2 Å². The van der Waals surface area contributed by atoms with Crippen molar-refractivity contribution in [3.63, 3.8) is 0 Å². The zero-order valence-corrected chi connectivity index (χ0v) is 16.7. The molecule has 1 aliphatic rings. The van der Waals surface area contributed by atoms with Gasteiger partial charge in [-0.2, -0.15) is 0 Å². The van der Waals surface area contributed by atoms with Gasteiger partial charge in [-0.3, -0.25) is 4.90 Å². The van der Waals surface area contributed by atoms with Crippen molar-refractivity contribution in [2.75, 3.05) is 25.0 Å². The third kappa shape index (κ3) is 5.83. The average molecular weight is 366 g/mol. The van der Waals surface area contributed by atoms with Gasteiger partial charge in [-0.1, -0.05) is 47.5 Å². The van der Waals surface area contributed by atoms with E-state index in [2.05, 4.69) is 59.7 Å². The highest BCUT2D eigenvalue weighted by Gasteiger charge is 2.20. The summed E-state index contributed by atoms with van der Waals surface area (Å²) < 4.78 is 0. The molecule has 2 aromatic rings. The molecule has 2 amide bonds. The van der Waals surface area contributed by atoms with Gasteiger partial charge >= 0.3 is 6.03 Å². The third-order valence-electron chi connectivity index (χ3n) is 5.38. The molecule has 0 aliphatic carbocycles. The summed E-state index contributed by atoms with van der Waals surface area (Å²) >= 11 is 0. The molecule has 0 spiro atoms. The summed E-state index contributed by atoms with van der Waals surface area (Å²) in [4.78, 5) is 14.7. The second-order valence-corrected chi connectivity index (χ2v) is 7.86.